The van der Waals surface area contributed by atoms with Gasteiger partial charge in [-0.05, 0) is 66.8 Å². The molecule has 3 aromatic rings. The van der Waals surface area contributed by atoms with Crippen molar-refractivity contribution in [2.75, 3.05) is 0 Å². The first-order valence-corrected chi connectivity index (χ1v) is 10.8. The molecule has 0 aliphatic heterocycles. The number of rotatable bonds is 8. The first kappa shape index (κ1) is 21.0. The van der Waals surface area contributed by atoms with Crippen LogP contribution >= 0.6 is 0 Å². The van der Waals surface area contributed by atoms with Gasteiger partial charge in [0.25, 0.3) is 0 Å². The SMILES string of the molecule is CC(Oc1ccc(-c2ccc(S(N)(=O)=O)cc2)cc1)C(O)CCc1cccnc1. The number of nitrogens with zero attached hydrogens (tertiary/aromatic N) is 1. The van der Waals surface area contributed by atoms with Crippen LogP contribution in [0.1, 0.15) is 18.9 Å². The predicted molar refractivity (Wildman–Crippen MR) is 112 cm³/mol. The molecular weight excluding hydrogens is 388 g/mol. The van der Waals surface area contributed by atoms with Gasteiger partial charge in [0.05, 0.1) is 11.0 Å². The number of sulfonamides is 1. The summed E-state index contributed by atoms with van der Waals surface area (Å²) in [6.45, 7) is 1.84. The monoisotopic (exact) mass is 412 g/mol. The molecule has 0 aliphatic carbocycles. The second-order valence-electron chi connectivity index (χ2n) is 6.88. The highest BCUT2D eigenvalue weighted by molar-refractivity contribution is 7.89. The third-order valence-corrected chi connectivity index (χ3v) is 5.62. The summed E-state index contributed by atoms with van der Waals surface area (Å²) < 4.78 is 28.6. The maximum atomic E-state index is 11.3. The van der Waals surface area contributed by atoms with Crippen molar-refractivity contribution in [1.29, 1.82) is 0 Å². The Morgan fingerprint density at radius 3 is 2.21 bits per heavy atom. The molecule has 0 saturated carbocycles. The molecule has 0 bridgehead atoms. The summed E-state index contributed by atoms with van der Waals surface area (Å²) in [5.41, 5.74) is 2.87. The number of aromatic nitrogens is 1. The lowest BCUT2D eigenvalue weighted by molar-refractivity contribution is 0.0420. The van der Waals surface area contributed by atoms with Gasteiger partial charge in [0.1, 0.15) is 11.9 Å². The third kappa shape index (κ3) is 5.87. The van der Waals surface area contributed by atoms with Gasteiger partial charge < -0.3 is 9.84 Å². The molecule has 3 N–H and O–H groups in total. The van der Waals surface area contributed by atoms with Crippen molar-refractivity contribution in [2.45, 2.75) is 36.9 Å². The minimum atomic E-state index is -3.70. The van der Waals surface area contributed by atoms with Crippen molar-refractivity contribution in [2.24, 2.45) is 5.14 Å². The number of pyridine rings is 1. The molecule has 1 aromatic heterocycles. The lowest BCUT2D eigenvalue weighted by Gasteiger charge is -2.20. The van der Waals surface area contributed by atoms with Gasteiger partial charge in [0.15, 0.2) is 0 Å². The smallest absolute Gasteiger partial charge is 0.238 e. The van der Waals surface area contributed by atoms with Crippen molar-refractivity contribution < 1.29 is 18.3 Å². The fourth-order valence-corrected chi connectivity index (χ4v) is 3.47. The van der Waals surface area contributed by atoms with E-state index in [0.29, 0.717) is 12.2 Å². The average Bonchev–Trinajstić information content (AvgIpc) is 2.73. The van der Waals surface area contributed by atoms with Crippen LogP contribution in [0, 0.1) is 0 Å². The highest BCUT2D eigenvalue weighted by Gasteiger charge is 2.16. The number of aliphatic hydroxyl groups is 1. The molecule has 2 unspecified atom stereocenters. The van der Waals surface area contributed by atoms with E-state index in [4.69, 9.17) is 9.88 Å². The van der Waals surface area contributed by atoms with Gasteiger partial charge in [0, 0.05) is 12.4 Å². The van der Waals surface area contributed by atoms with Gasteiger partial charge >= 0.3 is 0 Å². The van der Waals surface area contributed by atoms with Gasteiger partial charge in [-0.2, -0.15) is 0 Å². The number of hydrogen-bond donors (Lipinski definition) is 2. The molecule has 0 aliphatic rings. The number of primary sulfonamides is 1. The van der Waals surface area contributed by atoms with Crippen LogP contribution in [0.3, 0.4) is 0 Å². The molecule has 3 rings (SSSR count). The van der Waals surface area contributed by atoms with Crippen molar-refractivity contribution in [3.63, 3.8) is 0 Å². The normalized spacial score (nSPS) is 13.6. The molecule has 0 saturated heterocycles. The standard InChI is InChI=1S/C22H24N2O4S/c1-16(22(25)13-4-17-3-2-14-24-15-17)28-20-9-5-18(6-10-20)19-7-11-21(12-8-19)29(23,26)27/h2-3,5-12,14-16,22,25H,4,13H2,1H3,(H2,23,26,27). The Labute approximate surface area is 171 Å². The number of aliphatic hydroxyl groups excluding tert-OH is 1. The highest BCUT2D eigenvalue weighted by Crippen LogP contribution is 2.24. The number of ether oxygens (including phenoxy) is 1. The van der Waals surface area contributed by atoms with Crippen LogP contribution in [-0.2, 0) is 16.4 Å². The maximum Gasteiger partial charge on any atom is 0.238 e. The molecule has 152 valence electrons. The molecular formula is C22H24N2O4S. The van der Waals surface area contributed by atoms with E-state index in [0.717, 1.165) is 23.1 Å². The van der Waals surface area contributed by atoms with E-state index in [1.54, 1.807) is 24.5 Å². The second kappa shape index (κ2) is 9.17. The lowest BCUT2D eigenvalue weighted by atomic mass is 10.0. The zero-order valence-corrected chi connectivity index (χ0v) is 16.9. The summed E-state index contributed by atoms with van der Waals surface area (Å²) in [6, 6.07) is 17.7. The number of hydrogen-bond acceptors (Lipinski definition) is 5. The van der Waals surface area contributed by atoms with E-state index in [-0.39, 0.29) is 11.0 Å². The number of aryl methyl sites for hydroxylation is 1. The minimum Gasteiger partial charge on any atom is -0.488 e. The van der Waals surface area contributed by atoms with Gasteiger partial charge in [0.2, 0.25) is 10.0 Å². The minimum absolute atomic E-state index is 0.0790. The van der Waals surface area contributed by atoms with Crippen LogP contribution in [0.2, 0.25) is 0 Å². The van der Waals surface area contributed by atoms with Crippen molar-refractivity contribution in [3.05, 3.63) is 78.6 Å². The zero-order chi connectivity index (χ0) is 20.9. The first-order chi connectivity index (χ1) is 13.8. The summed E-state index contributed by atoms with van der Waals surface area (Å²) in [5.74, 6) is 0.655. The molecule has 0 fully saturated rings. The predicted octanol–water partition coefficient (Wildman–Crippen LogP) is 3.16. The van der Waals surface area contributed by atoms with E-state index in [2.05, 4.69) is 4.98 Å². The summed E-state index contributed by atoms with van der Waals surface area (Å²) in [4.78, 5) is 4.16. The Balaban J connectivity index is 1.58. The molecule has 0 amide bonds. The Bertz CT molecular complexity index is 1020. The fourth-order valence-electron chi connectivity index (χ4n) is 2.95. The van der Waals surface area contributed by atoms with Crippen molar-refractivity contribution >= 4 is 10.0 Å². The van der Waals surface area contributed by atoms with Gasteiger partial charge in [-0.3, -0.25) is 4.98 Å². The summed E-state index contributed by atoms with van der Waals surface area (Å²) in [7, 11) is -3.70. The average molecular weight is 413 g/mol. The van der Waals surface area contributed by atoms with Crippen molar-refractivity contribution in [3.8, 4) is 16.9 Å². The molecule has 0 spiro atoms. The van der Waals surface area contributed by atoms with E-state index in [1.165, 1.54) is 12.1 Å². The Morgan fingerprint density at radius 2 is 1.66 bits per heavy atom. The van der Waals surface area contributed by atoms with E-state index in [1.807, 2.05) is 43.3 Å². The number of benzene rings is 2. The first-order valence-electron chi connectivity index (χ1n) is 9.30. The van der Waals surface area contributed by atoms with E-state index >= 15 is 0 Å². The summed E-state index contributed by atoms with van der Waals surface area (Å²) >= 11 is 0. The Morgan fingerprint density at radius 1 is 1.03 bits per heavy atom. The van der Waals surface area contributed by atoms with Crippen LogP contribution in [0.25, 0.3) is 11.1 Å². The van der Waals surface area contributed by atoms with Gasteiger partial charge in [-0.15, -0.1) is 0 Å². The molecule has 29 heavy (non-hydrogen) atoms. The van der Waals surface area contributed by atoms with Crippen LogP contribution in [0.4, 0.5) is 0 Å². The second-order valence-corrected chi connectivity index (χ2v) is 8.45. The van der Waals surface area contributed by atoms with Crippen LogP contribution in [0.5, 0.6) is 5.75 Å². The fraction of sp³-hybridized carbons (Fsp3) is 0.227. The van der Waals surface area contributed by atoms with E-state index < -0.39 is 16.1 Å². The molecule has 2 atom stereocenters. The highest BCUT2D eigenvalue weighted by atomic mass is 32.2. The largest absolute Gasteiger partial charge is 0.488 e. The summed E-state index contributed by atoms with van der Waals surface area (Å²) in [5, 5.41) is 15.5. The van der Waals surface area contributed by atoms with Gasteiger partial charge in [-0.25, -0.2) is 13.6 Å². The number of nitrogens with two attached hydrogens (primary N) is 1. The quantitative estimate of drug-likeness (QED) is 0.592. The zero-order valence-electron chi connectivity index (χ0n) is 16.1. The molecule has 6 nitrogen and oxygen atoms in total. The van der Waals surface area contributed by atoms with Crippen LogP contribution < -0.4 is 9.88 Å². The Kier molecular flexibility index (Phi) is 6.64. The summed E-state index contributed by atoms with van der Waals surface area (Å²) in [6.07, 6.45) is 3.89. The van der Waals surface area contributed by atoms with Crippen LogP contribution in [-0.4, -0.2) is 30.7 Å². The molecule has 7 heteroatoms. The molecule has 2 aromatic carbocycles. The third-order valence-electron chi connectivity index (χ3n) is 4.69. The Hall–Kier alpha value is -2.74. The van der Waals surface area contributed by atoms with Crippen molar-refractivity contribution in [1.82, 2.24) is 4.98 Å². The molecule has 0 radical (unpaired) electrons. The topological polar surface area (TPSA) is 103 Å². The molecule has 1 heterocycles. The lowest BCUT2D eigenvalue weighted by Crippen LogP contribution is -2.29. The van der Waals surface area contributed by atoms with E-state index in [9.17, 15) is 13.5 Å². The van der Waals surface area contributed by atoms with Crippen LogP contribution in [0.15, 0.2) is 78.0 Å². The van der Waals surface area contributed by atoms with Gasteiger partial charge in [-0.1, -0.05) is 30.3 Å². The maximum absolute atomic E-state index is 11.3.